The van der Waals surface area contributed by atoms with E-state index in [4.69, 9.17) is 20.3 Å². The first-order valence-corrected chi connectivity index (χ1v) is 6.50. The van der Waals surface area contributed by atoms with Gasteiger partial charge in [0, 0.05) is 12.1 Å². The van der Waals surface area contributed by atoms with Crippen LogP contribution in [0.4, 0.5) is 5.69 Å². The maximum atomic E-state index is 10.6. The third kappa shape index (κ3) is 4.14. The van der Waals surface area contributed by atoms with Crippen molar-refractivity contribution >= 4 is 11.7 Å². The molecule has 0 saturated carbocycles. The average Bonchev–Trinajstić information content (AvgIpc) is 2.48. The number of anilines is 1. The van der Waals surface area contributed by atoms with Crippen molar-refractivity contribution in [3.05, 3.63) is 48.0 Å². The van der Waals surface area contributed by atoms with Crippen LogP contribution in [0.5, 0.6) is 17.2 Å². The number of hydrogen-bond acceptors (Lipinski definition) is 4. The third-order valence-corrected chi connectivity index (χ3v) is 2.96. The van der Waals surface area contributed by atoms with Crippen LogP contribution in [-0.4, -0.2) is 18.2 Å². The summed E-state index contributed by atoms with van der Waals surface area (Å²) in [6.45, 7) is 0. The number of aliphatic carboxylic acids is 1. The predicted octanol–water partition coefficient (Wildman–Crippen LogP) is 3.09. The first kappa shape index (κ1) is 14.7. The van der Waals surface area contributed by atoms with Crippen molar-refractivity contribution in [2.75, 3.05) is 12.8 Å². The lowest BCUT2D eigenvalue weighted by molar-refractivity contribution is -0.136. The van der Waals surface area contributed by atoms with Crippen LogP contribution in [0, 0.1) is 0 Å². The van der Waals surface area contributed by atoms with Crippen LogP contribution in [-0.2, 0) is 11.2 Å². The van der Waals surface area contributed by atoms with Crippen molar-refractivity contribution in [2.45, 2.75) is 12.8 Å². The highest BCUT2D eigenvalue weighted by atomic mass is 16.5. The predicted molar refractivity (Wildman–Crippen MR) is 79.9 cm³/mol. The molecule has 2 aromatic rings. The molecule has 0 aliphatic heterocycles. The summed E-state index contributed by atoms with van der Waals surface area (Å²) in [5, 5.41) is 8.74. The summed E-state index contributed by atoms with van der Waals surface area (Å²) in [6, 6.07) is 12.4. The van der Waals surface area contributed by atoms with Gasteiger partial charge in [-0.1, -0.05) is 6.07 Å². The van der Waals surface area contributed by atoms with Gasteiger partial charge >= 0.3 is 5.97 Å². The van der Waals surface area contributed by atoms with Gasteiger partial charge in [-0.25, -0.2) is 0 Å². The average molecular weight is 287 g/mol. The molecule has 0 atom stereocenters. The summed E-state index contributed by atoms with van der Waals surface area (Å²) in [7, 11) is 1.56. The lowest BCUT2D eigenvalue weighted by atomic mass is 10.1. The molecule has 0 unspecified atom stereocenters. The second-order valence-corrected chi connectivity index (χ2v) is 4.55. The number of ether oxygens (including phenoxy) is 2. The molecule has 0 heterocycles. The Labute approximate surface area is 122 Å². The van der Waals surface area contributed by atoms with Crippen LogP contribution < -0.4 is 15.2 Å². The van der Waals surface area contributed by atoms with E-state index in [0.717, 1.165) is 5.56 Å². The van der Waals surface area contributed by atoms with E-state index < -0.39 is 5.97 Å². The molecule has 0 amide bonds. The van der Waals surface area contributed by atoms with Gasteiger partial charge in [0.2, 0.25) is 0 Å². The maximum Gasteiger partial charge on any atom is 0.303 e. The normalized spacial score (nSPS) is 10.1. The topological polar surface area (TPSA) is 81.8 Å². The monoisotopic (exact) mass is 287 g/mol. The first-order chi connectivity index (χ1) is 10.1. The number of carbonyl (C=O) groups is 1. The van der Waals surface area contributed by atoms with Crippen LogP contribution in [0.15, 0.2) is 42.5 Å². The third-order valence-electron chi connectivity index (χ3n) is 2.96. The van der Waals surface area contributed by atoms with E-state index in [1.165, 1.54) is 0 Å². The molecule has 0 aliphatic carbocycles. The number of aryl methyl sites for hydroxylation is 1. The van der Waals surface area contributed by atoms with Gasteiger partial charge in [-0.2, -0.15) is 0 Å². The summed E-state index contributed by atoms with van der Waals surface area (Å²) >= 11 is 0. The summed E-state index contributed by atoms with van der Waals surface area (Å²) in [6.07, 6.45) is 0.519. The van der Waals surface area contributed by atoms with Crippen molar-refractivity contribution in [1.82, 2.24) is 0 Å². The quantitative estimate of drug-likeness (QED) is 0.798. The van der Waals surface area contributed by atoms with Crippen molar-refractivity contribution in [3.63, 3.8) is 0 Å². The van der Waals surface area contributed by atoms with Crippen LogP contribution in [0.1, 0.15) is 12.0 Å². The highest BCUT2D eigenvalue weighted by molar-refractivity contribution is 5.67. The highest BCUT2D eigenvalue weighted by Crippen LogP contribution is 2.33. The van der Waals surface area contributed by atoms with Crippen molar-refractivity contribution in [2.24, 2.45) is 0 Å². The number of benzene rings is 2. The Morgan fingerprint density at radius 2 is 1.86 bits per heavy atom. The lowest BCUT2D eigenvalue weighted by Crippen LogP contribution is -1.98. The molecule has 0 aliphatic rings. The van der Waals surface area contributed by atoms with Gasteiger partial charge in [-0.15, -0.1) is 0 Å². The van der Waals surface area contributed by atoms with E-state index in [2.05, 4.69) is 0 Å². The molecule has 2 aromatic carbocycles. The van der Waals surface area contributed by atoms with Gasteiger partial charge in [0.1, 0.15) is 5.75 Å². The molecule has 0 fully saturated rings. The van der Waals surface area contributed by atoms with Crippen molar-refractivity contribution in [3.8, 4) is 17.2 Å². The van der Waals surface area contributed by atoms with E-state index in [-0.39, 0.29) is 6.42 Å². The molecule has 2 rings (SSSR count). The molecule has 0 aromatic heterocycles. The molecule has 21 heavy (non-hydrogen) atoms. The zero-order valence-electron chi connectivity index (χ0n) is 11.7. The van der Waals surface area contributed by atoms with E-state index in [9.17, 15) is 4.79 Å². The van der Waals surface area contributed by atoms with Crippen LogP contribution in [0.2, 0.25) is 0 Å². The van der Waals surface area contributed by atoms with E-state index in [0.29, 0.717) is 29.4 Å². The summed E-state index contributed by atoms with van der Waals surface area (Å²) in [5.41, 5.74) is 7.17. The van der Waals surface area contributed by atoms with Gasteiger partial charge in [0.05, 0.1) is 7.11 Å². The number of carboxylic acids is 1. The Morgan fingerprint density at radius 1 is 1.14 bits per heavy atom. The molecule has 3 N–H and O–H groups in total. The SMILES string of the molecule is COc1ccc(CCC(=O)O)cc1Oc1ccc(N)cc1. The Bertz CT molecular complexity index is 623. The summed E-state index contributed by atoms with van der Waals surface area (Å²) < 4.78 is 11.0. The lowest BCUT2D eigenvalue weighted by Gasteiger charge is -2.12. The zero-order chi connectivity index (χ0) is 15.2. The molecule has 5 nitrogen and oxygen atoms in total. The highest BCUT2D eigenvalue weighted by Gasteiger charge is 2.08. The number of carboxylic acid groups (broad SMARTS) is 1. The summed E-state index contributed by atoms with van der Waals surface area (Å²) in [4.78, 5) is 10.6. The Morgan fingerprint density at radius 3 is 2.48 bits per heavy atom. The second kappa shape index (κ2) is 6.65. The smallest absolute Gasteiger partial charge is 0.303 e. The fourth-order valence-corrected chi connectivity index (χ4v) is 1.87. The van der Waals surface area contributed by atoms with Gasteiger partial charge < -0.3 is 20.3 Å². The fourth-order valence-electron chi connectivity index (χ4n) is 1.87. The molecular weight excluding hydrogens is 270 g/mol. The number of nitrogen functional groups attached to an aromatic ring is 1. The molecule has 0 spiro atoms. The Kier molecular flexibility index (Phi) is 4.66. The van der Waals surface area contributed by atoms with Crippen molar-refractivity contribution < 1.29 is 19.4 Å². The van der Waals surface area contributed by atoms with Crippen LogP contribution in [0.3, 0.4) is 0 Å². The number of nitrogens with two attached hydrogens (primary N) is 1. The maximum absolute atomic E-state index is 10.6. The summed E-state index contributed by atoms with van der Waals surface area (Å²) in [5.74, 6) is 0.945. The van der Waals surface area contributed by atoms with Gasteiger partial charge in [0.25, 0.3) is 0 Å². The van der Waals surface area contributed by atoms with Gasteiger partial charge in [0.15, 0.2) is 11.5 Å². The minimum atomic E-state index is -0.827. The Balaban J connectivity index is 2.20. The largest absolute Gasteiger partial charge is 0.493 e. The zero-order valence-corrected chi connectivity index (χ0v) is 11.7. The number of hydrogen-bond donors (Lipinski definition) is 2. The molecule has 5 heteroatoms. The minimum absolute atomic E-state index is 0.0770. The Hall–Kier alpha value is -2.69. The number of methoxy groups -OCH3 is 1. The standard InChI is InChI=1S/C16H17NO4/c1-20-14-8-2-11(3-9-16(18)19)10-15(14)21-13-6-4-12(17)5-7-13/h2,4-8,10H,3,9,17H2,1H3,(H,18,19). The first-order valence-electron chi connectivity index (χ1n) is 6.50. The van der Waals surface area contributed by atoms with Crippen LogP contribution in [0.25, 0.3) is 0 Å². The molecule has 0 saturated heterocycles. The second-order valence-electron chi connectivity index (χ2n) is 4.55. The van der Waals surface area contributed by atoms with E-state index in [1.807, 2.05) is 6.07 Å². The van der Waals surface area contributed by atoms with Gasteiger partial charge in [-0.3, -0.25) is 4.79 Å². The number of rotatable bonds is 6. The molecule has 0 radical (unpaired) electrons. The fraction of sp³-hybridized carbons (Fsp3) is 0.188. The van der Waals surface area contributed by atoms with Crippen LogP contribution >= 0.6 is 0 Å². The molecule has 110 valence electrons. The molecule has 0 bridgehead atoms. The minimum Gasteiger partial charge on any atom is -0.493 e. The van der Waals surface area contributed by atoms with E-state index in [1.54, 1.807) is 43.5 Å². The van der Waals surface area contributed by atoms with Crippen molar-refractivity contribution in [1.29, 1.82) is 0 Å². The molecular formula is C16H17NO4. The van der Waals surface area contributed by atoms with E-state index >= 15 is 0 Å². The van der Waals surface area contributed by atoms with Gasteiger partial charge in [-0.05, 0) is 48.4 Å².